The summed E-state index contributed by atoms with van der Waals surface area (Å²) in [5.74, 6) is -1.42. The molecule has 0 aromatic heterocycles. The molecule has 0 saturated heterocycles. The highest BCUT2D eigenvalue weighted by molar-refractivity contribution is 5.92. The highest BCUT2D eigenvalue weighted by Gasteiger charge is 2.36. The highest BCUT2D eigenvalue weighted by Crippen LogP contribution is 2.24. The molecule has 0 aliphatic rings. The maximum Gasteiger partial charge on any atom is 0.408 e. The molecule has 0 fully saturated rings. The molecule has 1 aromatic rings. The van der Waals surface area contributed by atoms with Crippen LogP contribution in [0.4, 0.5) is 4.79 Å². The van der Waals surface area contributed by atoms with Crippen LogP contribution in [0.2, 0.25) is 0 Å². The monoisotopic (exact) mass is 462 g/mol. The Morgan fingerprint density at radius 1 is 1.06 bits per heavy atom. The Labute approximate surface area is 196 Å². The molecule has 0 saturated carbocycles. The number of alkyl carbamates (subject to hydrolysis) is 1. The van der Waals surface area contributed by atoms with Crippen molar-refractivity contribution >= 4 is 23.8 Å². The van der Waals surface area contributed by atoms with E-state index in [1.165, 1.54) is 4.90 Å². The molecular formula is C24H38N4O5. The van der Waals surface area contributed by atoms with E-state index in [0.29, 0.717) is 12.0 Å². The third-order valence-electron chi connectivity index (χ3n) is 4.52. The minimum atomic E-state index is -1.09. The molecule has 1 rings (SSSR count). The van der Waals surface area contributed by atoms with Crippen molar-refractivity contribution in [1.29, 1.82) is 0 Å². The van der Waals surface area contributed by atoms with Crippen LogP contribution in [0.3, 0.4) is 0 Å². The predicted molar refractivity (Wildman–Crippen MR) is 126 cm³/mol. The predicted octanol–water partition coefficient (Wildman–Crippen LogP) is 2.65. The van der Waals surface area contributed by atoms with E-state index in [2.05, 4.69) is 10.6 Å². The van der Waals surface area contributed by atoms with Gasteiger partial charge in [0.05, 0.1) is 0 Å². The minimum absolute atomic E-state index is 0.0130. The maximum absolute atomic E-state index is 13.7. The van der Waals surface area contributed by atoms with Gasteiger partial charge in [0.15, 0.2) is 0 Å². The van der Waals surface area contributed by atoms with Gasteiger partial charge < -0.3 is 26.0 Å². The summed E-state index contributed by atoms with van der Waals surface area (Å²) in [5.41, 5.74) is 5.16. The van der Waals surface area contributed by atoms with Gasteiger partial charge in [-0.1, -0.05) is 37.3 Å². The van der Waals surface area contributed by atoms with Crippen molar-refractivity contribution in [3.63, 3.8) is 0 Å². The summed E-state index contributed by atoms with van der Waals surface area (Å²) < 4.78 is 5.29. The summed E-state index contributed by atoms with van der Waals surface area (Å²) in [6.45, 7) is 11.0. The normalized spacial score (nSPS) is 13.1. The van der Waals surface area contributed by atoms with E-state index >= 15 is 0 Å². The van der Waals surface area contributed by atoms with Gasteiger partial charge >= 0.3 is 6.09 Å². The number of hydrogen-bond donors (Lipinski definition) is 3. The Kier molecular flexibility index (Phi) is 10.8. The number of primary amides is 1. The second-order valence-corrected chi connectivity index (χ2v) is 9.21. The zero-order valence-corrected chi connectivity index (χ0v) is 20.5. The van der Waals surface area contributed by atoms with Crippen molar-refractivity contribution in [2.24, 2.45) is 5.73 Å². The molecule has 0 bridgehead atoms. The number of carbonyl (C=O) groups is 4. The highest BCUT2D eigenvalue weighted by atomic mass is 16.6. The number of carbonyl (C=O) groups excluding carboxylic acids is 4. The number of nitrogens with two attached hydrogens (primary N) is 1. The van der Waals surface area contributed by atoms with Gasteiger partial charge in [-0.25, -0.2) is 4.79 Å². The minimum Gasteiger partial charge on any atom is -0.444 e. The van der Waals surface area contributed by atoms with Crippen molar-refractivity contribution in [2.45, 2.75) is 84.5 Å². The van der Waals surface area contributed by atoms with Crippen LogP contribution < -0.4 is 16.4 Å². The first-order chi connectivity index (χ1) is 15.4. The van der Waals surface area contributed by atoms with Crippen molar-refractivity contribution < 1.29 is 23.9 Å². The Hall–Kier alpha value is -3.10. The standard InChI is InChI=1S/C24H38N4O5/c1-7-15-28(20(21(30)26-16(2)3)17-11-9-8-10-12-17)22(31)18(13-14-19(25)29)27-23(32)33-24(4,5)6/h8-12,16,18,20H,7,13-15H2,1-6H3,(H2,25,29)(H,26,30)(H,27,32). The number of ether oxygens (including phenoxy) is 1. The third-order valence-corrected chi connectivity index (χ3v) is 4.52. The number of amides is 4. The first-order valence-corrected chi connectivity index (χ1v) is 11.3. The van der Waals surface area contributed by atoms with Gasteiger partial charge in [0.25, 0.3) is 0 Å². The largest absolute Gasteiger partial charge is 0.444 e. The van der Waals surface area contributed by atoms with Crippen LogP contribution in [0.5, 0.6) is 0 Å². The Morgan fingerprint density at radius 2 is 1.67 bits per heavy atom. The molecule has 4 N–H and O–H groups in total. The van der Waals surface area contributed by atoms with Crippen LogP contribution >= 0.6 is 0 Å². The van der Waals surface area contributed by atoms with Crippen LogP contribution in [0.1, 0.15) is 72.4 Å². The van der Waals surface area contributed by atoms with E-state index < -0.39 is 35.6 Å². The van der Waals surface area contributed by atoms with Crippen LogP contribution in [-0.2, 0) is 19.1 Å². The molecule has 33 heavy (non-hydrogen) atoms. The molecule has 0 heterocycles. The lowest BCUT2D eigenvalue weighted by molar-refractivity contribution is -0.143. The fourth-order valence-corrected chi connectivity index (χ4v) is 3.27. The molecule has 0 aliphatic carbocycles. The SMILES string of the molecule is CCCN(C(=O)C(CCC(N)=O)NC(=O)OC(C)(C)C)C(C(=O)NC(C)C)c1ccccc1. The van der Waals surface area contributed by atoms with E-state index in [4.69, 9.17) is 10.5 Å². The number of benzene rings is 1. The second-order valence-electron chi connectivity index (χ2n) is 9.21. The van der Waals surface area contributed by atoms with Crippen molar-refractivity contribution in [3.8, 4) is 0 Å². The maximum atomic E-state index is 13.7. The topological polar surface area (TPSA) is 131 Å². The molecule has 2 unspecified atom stereocenters. The van der Waals surface area contributed by atoms with Gasteiger partial charge in [-0.2, -0.15) is 0 Å². The summed E-state index contributed by atoms with van der Waals surface area (Å²) in [6.07, 6.45) is -0.329. The van der Waals surface area contributed by atoms with Crippen LogP contribution in [0, 0.1) is 0 Å². The molecule has 4 amide bonds. The number of hydrogen-bond acceptors (Lipinski definition) is 5. The smallest absolute Gasteiger partial charge is 0.408 e. The fraction of sp³-hybridized carbons (Fsp3) is 0.583. The van der Waals surface area contributed by atoms with E-state index in [-0.39, 0.29) is 31.3 Å². The lowest BCUT2D eigenvalue weighted by Gasteiger charge is -2.34. The summed E-state index contributed by atoms with van der Waals surface area (Å²) in [6, 6.07) is 6.85. The fourth-order valence-electron chi connectivity index (χ4n) is 3.27. The van der Waals surface area contributed by atoms with E-state index in [1.54, 1.807) is 45.0 Å². The summed E-state index contributed by atoms with van der Waals surface area (Å²) >= 11 is 0. The Morgan fingerprint density at radius 3 is 2.15 bits per heavy atom. The van der Waals surface area contributed by atoms with Crippen molar-refractivity contribution in [1.82, 2.24) is 15.5 Å². The molecule has 0 aliphatic heterocycles. The Balaban J connectivity index is 3.35. The van der Waals surface area contributed by atoms with Crippen LogP contribution in [-0.4, -0.2) is 52.9 Å². The van der Waals surface area contributed by atoms with Gasteiger partial charge in [-0.3, -0.25) is 14.4 Å². The van der Waals surface area contributed by atoms with Crippen molar-refractivity contribution in [2.75, 3.05) is 6.54 Å². The molecule has 9 nitrogen and oxygen atoms in total. The van der Waals surface area contributed by atoms with Crippen molar-refractivity contribution in [3.05, 3.63) is 35.9 Å². The van der Waals surface area contributed by atoms with Gasteiger partial charge in [-0.05, 0) is 53.0 Å². The Bertz CT molecular complexity index is 805. The van der Waals surface area contributed by atoms with Gasteiger partial charge in [-0.15, -0.1) is 0 Å². The molecule has 1 aromatic carbocycles. The third kappa shape index (κ3) is 9.93. The van der Waals surface area contributed by atoms with Gasteiger partial charge in [0.2, 0.25) is 17.7 Å². The molecule has 0 radical (unpaired) electrons. The second kappa shape index (κ2) is 12.8. The average Bonchev–Trinajstić information content (AvgIpc) is 2.69. The summed E-state index contributed by atoms with van der Waals surface area (Å²) in [7, 11) is 0. The van der Waals surface area contributed by atoms with Gasteiger partial charge in [0.1, 0.15) is 17.7 Å². The quantitative estimate of drug-likeness (QED) is 0.465. The van der Waals surface area contributed by atoms with Crippen LogP contribution in [0.25, 0.3) is 0 Å². The zero-order valence-electron chi connectivity index (χ0n) is 20.5. The summed E-state index contributed by atoms with van der Waals surface area (Å²) in [4.78, 5) is 52.1. The number of nitrogens with one attached hydrogen (secondary N) is 2. The molecule has 0 spiro atoms. The first-order valence-electron chi connectivity index (χ1n) is 11.3. The lowest BCUT2D eigenvalue weighted by atomic mass is 10.0. The lowest BCUT2D eigenvalue weighted by Crippen LogP contribution is -2.53. The van der Waals surface area contributed by atoms with E-state index in [0.717, 1.165) is 0 Å². The number of nitrogens with zero attached hydrogens (tertiary/aromatic N) is 1. The number of rotatable bonds is 11. The molecule has 184 valence electrons. The summed E-state index contributed by atoms with van der Waals surface area (Å²) in [5, 5.41) is 5.44. The average molecular weight is 463 g/mol. The molecule has 9 heteroatoms. The molecular weight excluding hydrogens is 424 g/mol. The van der Waals surface area contributed by atoms with E-state index in [9.17, 15) is 19.2 Å². The first kappa shape index (κ1) is 27.9. The van der Waals surface area contributed by atoms with E-state index in [1.807, 2.05) is 26.8 Å². The zero-order chi connectivity index (χ0) is 25.2. The van der Waals surface area contributed by atoms with Gasteiger partial charge in [0, 0.05) is 19.0 Å². The van der Waals surface area contributed by atoms with Crippen LogP contribution in [0.15, 0.2) is 30.3 Å². The molecule has 2 atom stereocenters.